The fourth-order valence-corrected chi connectivity index (χ4v) is 2.96. The van der Waals surface area contributed by atoms with Crippen LogP contribution in [0.15, 0.2) is 24.3 Å². The number of amides is 1. The zero-order valence-electron chi connectivity index (χ0n) is 14.2. The van der Waals surface area contributed by atoms with Crippen molar-refractivity contribution in [1.29, 1.82) is 5.26 Å². The molecule has 1 heterocycles. The van der Waals surface area contributed by atoms with Crippen LogP contribution in [-0.2, 0) is 16.0 Å². The zero-order chi connectivity index (χ0) is 18.0. The third-order valence-electron chi connectivity index (χ3n) is 4.06. The standard InChI is InChI=1S/C18H22N2O4/c1-17(2,3)24-16(23)20-10-4-9-18(20,15(21)22)11-13-5-7-14(12-19)8-6-13/h5-8H,4,9-11H2,1-3H3,(H,21,22)/p-1/t18-/m1/s1. The number of carboxylic acid groups (broad SMARTS) is 1. The monoisotopic (exact) mass is 329 g/mol. The van der Waals surface area contributed by atoms with Crippen LogP contribution >= 0.6 is 0 Å². The van der Waals surface area contributed by atoms with Crippen molar-refractivity contribution in [3.8, 4) is 6.07 Å². The van der Waals surface area contributed by atoms with Gasteiger partial charge in [-0.25, -0.2) is 4.79 Å². The number of aliphatic carboxylic acids is 1. The highest BCUT2D eigenvalue weighted by Crippen LogP contribution is 2.34. The minimum Gasteiger partial charge on any atom is -0.548 e. The molecule has 0 bridgehead atoms. The molecule has 0 N–H and O–H groups in total. The van der Waals surface area contributed by atoms with Gasteiger partial charge in [0.05, 0.1) is 23.1 Å². The van der Waals surface area contributed by atoms with Gasteiger partial charge in [0.25, 0.3) is 0 Å². The van der Waals surface area contributed by atoms with Crippen molar-refractivity contribution in [2.45, 2.75) is 51.2 Å². The number of hydrogen-bond donors (Lipinski definition) is 0. The van der Waals surface area contributed by atoms with Crippen LogP contribution in [0.5, 0.6) is 0 Å². The summed E-state index contributed by atoms with van der Waals surface area (Å²) in [5.41, 5.74) is -0.896. The zero-order valence-corrected chi connectivity index (χ0v) is 14.2. The third kappa shape index (κ3) is 3.67. The van der Waals surface area contributed by atoms with Crippen LogP contribution in [0.25, 0.3) is 0 Å². The molecule has 0 aromatic heterocycles. The molecule has 1 saturated heterocycles. The van der Waals surface area contributed by atoms with Crippen LogP contribution in [0.1, 0.15) is 44.7 Å². The van der Waals surface area contributed by atoms with Gasteiger partial charge in [-0.2, -0.15) is 5.26 Å². The first kappa shape index (κ1) is 17.8. The predicted octanol–water partition coefficient (Wildman–Crippen LogP) is 1.62. The Balaban J connectivity index is 2.29. The summed E-state index contributed by atoms with van der Waals surface area (Å²) in [5, 5.41) is 20.8. The van der Waals surface area contributed by atoms with Crippen molar-refractivity contribution < 1.29 is 19.4 Å². The van der Waals surface area contributed by atoms with Crippen molar-refractivity contribution in [1.82, 2.24) is 4.90 Å². The summed E-state index contributed by atoms with van der Waals surface area (Å²) in [6, 6.07) is 8.69. The van der Waals surface area contributed by atoms with E-state index in [2.05, 4.69) is 0 Å². The molecule has 1 amide bonds. The van der Waals surface area contributed by atoms with E-state index < -0.39 is 23.2 Å². The molecule has 1 atom stereocenters. The number of nitriles is 1. The SMILES string of the molecule is CC(C)(C)OC(=O)N1CCC[C@@]1(Cc1ccc(C#N)cc1)C(=O)[O-]. The topological polar surface area (TPSA) is 93.5 Å². The molecule has 1 aliphatic heterocycles. The van der Waals surface area contributed by atoms with Gasteiger partial charge in [0.2, 0.25) is 0 Å². The number of hydrogen-bond acceptors (Lipinski definition) is 5. The van der Waals surface area contributed by atoms with E-state index in [-0.39, 0.29) is 6.42 Å². The quantitative estimate of drug-likeness (QED) is 0.840. The van der Waals surface area contributed by atoms with Crippen LogP contribution < -0.4 is 5.11 Å². The van der Waals surface area contributed by atoms with Crippen LogP contribution in [0, 0.1) is 11.3 Å². The lowest BCUT2D eigenvalue weighted by molar-refractivity contribution is -0.317. The van der Waals surface area contributed by atoms with Gasteiger partial charge in [-0.05, 0) is 51.3 Å². The molecule has 6 heteroatoms. The van der Waals surface area contributed by atoms with E-state index in [0.717, 1.165) is 5.56 Å². The molecule has 0 unspecified atom stereocenters. The Bertz CT molecular complexity index is 670. The van der Waals surface area contributed by atoms with Gasteiger partial charge in [0.1, 0.15) is 5.60 Å². The summed E-state index contributed by atoms with van der Waals surface area (Å²) in [5.74, 6) is -1.28. The molecule has 0 aliphatic carbocycles. The molecular weight excluding hydrogens is 308 g/mol. The average molecular weight is 329 g/mol. The Hall–Kier alpha value is -2.55. The summed E-state index contributed by atoms with van der Waals surface area (Å²) in [6.07, 6.45) is 0.371. The number of carboxylic acids is 1. The normalized spacial score (nSPS) is 20.5. The van der Waals surface area contributed by atoms with E-state index in [0.29, 0.717) is 24.9 Å². The first-order chi connectivity index (χ1) is 11.2. The highest BCUT2D eigenvalue weighted by atomic mass is 16.6. The number of ether oxygens (including phenoxy) is 1. The maximum Gasteiger partial charge on any atom is 0.411 e. The number of nitrogens with zero attached hydrogens (tertiary/aromatic N) is 2. The largest absolute Gasteiger partial charge is 0.548 e. The number of likely N-dealkylation sites (tertiary alicyclic amines) is 1. The molecule has 0 radical (unpaired) electrons. The molecule has 24 heavy (non-hydrogen) atoms. The van der Waals surface area contributed by atoms with Crippen molar-refractivity contribution in [3.05, 3.63) is 35.4 Å². The third-order valence-corrected chi connectivity index (χ3v) is 4.06. The van der Waals surface area contributed by atoms with E-state index >= 15 is 0 Å². The second-order valence-corrected chi connectivity index (χ2v) is 7.04. The Morgan fingerprint density at radius 2 is 1.96 bits per heavy atom. The summed E-state index contributed by atoms with van der Waals surface area (Å²) >= 11 is 0. The molecule has 0 saturated carbocycles. The van der Waals surface area contributed by atoms with Gasteiger partial charge >= 0.3 is 6.09 Å². The molecule has 2 rings (SSSR count). The van der Waals surface area contributed by atoms with E-state index in [4.69, 9.17) is 10.00 Å². The fraction of sp³-hybridized carbons (Fsp3) is 0.500. The van der Waals surface area contributed by atoms with Crippen molar-refractivity contribution in [3.63, 3.8) is 0 Å². The molecule has 1 fully saturated rings. The molecule has 1 aromatic carbocycles. The van der Waals surface area contributed by atoms with Gasteiger partial charge in [-0.15, -0.1) is 0 Å². The van der Waals surface area contributed by atoms with Gasteiger partial charge < -0.3 is 14.6 Å². The molecular formula is C18H21N2O4-. The maximum absolute atomic E-state index is 12.4. The van der Waals surface area contributed by atoms with Gasteiger partial charge in [0, 0.05) is 13.0 Å². The van der Waals surface area contributed by atoms with Crippen molar-refractivity contribution in [2.75, 3.05) is 6.54 Å². The average Bonchev–Trinajstić information content (AvgIpc) is 2.91. The number of benzene rings is 1. The lowest BCUT2D eigenvalue weighted by Gasteiger charge is -2.40. The van der Waals surface area contributed by atoms with Crippen LogP contribution in [0.2, 0.25) is 0 Å². The smallest absolute Gasteiger partial charge is 0.411 e. The second kappa shape index (κ2) is 6.52. The highest BCUT2D eigenvalue weighted by Gasteiger charge is 2.46. The summed E-state index contributed by atoms with van der Waals surface area (Å²) in [4.78, 5) is 25.6. The van der Waals surface area contributed by atoms with Gasteiger partial charge in [0.15, 0.2) is 0 Å². The number of rotatable bonds is 3. The van der Waals surface area contributed by atoms with Crippen LogP contribution in [0.4, 0.5) is 4.79 Å². The Kier molecular flexibility index (Phi) is 4.83. The molecule has 0 spiro atoms. The number of carbonyl (C=O) groups excluding carboxylic acids is 2. The summed E-state index contributed by atoms with van der Waals surface area (Å²) < 4.78 is 5.35. The molecule has 1 aromatic rings. The fourth-order valence-electron chi connectivity index (χ4n) is 2.96. The number of carbonyl (C=O) groups is 2. The van der Waals surface area contributed by atoms with E-state index in [1.165, 1.54) is 4.90 Å². The lowest BCUT2D eigenvalue weighted by Crippen LogP contribution is -2.60. The van der Waals surface area contributed by atoms with E-state index in [9.17, 15) is 14.7 Å². The molecule has 128 valence electrons. The summed E-state index contributed by atoms with van der Waals surface area (Å²) in [6.45, 7) is 5.53. The van der Waals surface area contributed by atoms with Crippen LogP contribution in [-0.4, -0.2) is 34.6 Å². The van der Waals surface area contributed by atoms with E-state index in [1.807, 2.05) is 6.07 Å². The van der Waals surface area contributed by atoms with Gasteiger partial charge in [-0.3, -0.25) is 4.90 Å². The Labute approximate surface area is 141 Å². The molecule has 6 nitrogen and oxygen atoms in total. The Morgan fingerprint density at radius 1 is 1.33 bits per heavy atom. The summed E-state index contributed by atoms with van der Waals surface area (Å²) in [7, 11) is 0. The Morgan fingerprint density at radius 3 is 2.46 bits per heavy atom. The lowest BCUT2D eigenvalue weighted by atomic mass is 9.88. The molecule has 1 aliphatic rings. The van der Waals surface area contributed by atoms with Crippen molar-refractivity contribution in [2.24, 2.45) is 0 Å². The predicted molar refractivity (Wildman–Crippen MR) is 84.8 cm³/mol. The van der Waals surface area contributed by atoms with E-state index in [1.54, 1.807) is 45.0 Å². The van der Waals surface area contributed by atoms with Gasteiger partial charge in [-0.1, -0.05) is 12.1 Å². The van der Waals surface area contributed by atoms with Crippen LogP contribution in [0.3, 0.4) is 0 Å². The first-order valence-electron chi connectivity index (χ1n) is 7.89. The highest BCUT2D eigenvalue weighted by molar-refractivity contribution is 5.84. The minimum absolute atomic E-state index is 0.125. The van der Waals surface area contributed by atoms with Crippen molar-refractivity contribution >= 4 is 12.1 Å². The maximum atomic E-state index is 12.4. The minimum atomic E-state index is -1.42. The first-order valence-corrected chi connectivity index (χ1v) is 7.89. The second-order valence-electron chi connectivity index (χ2n) is 7.04.